The molecule has 0 heterocycles. The quantitative estimate of drug-likeness (QED) is 0.683. The van der Waals surface area contributed by atoms with Gasteiger partial charge in [-0.2, -0.15) is 0 Å². The molecule has 2 unspecified atom stereocenters. The minimum absolute atomic E-state index is 0.142. The second-order valence-electron chi connectivity index (χ2n) is 4.32. The fraction of sp³-hybridized carbons (Fsp3) is 0.833. The third-order valence-electron chi connectivity index (χ3n) is 3.17. The highest BCUT2D eigenvalue weighted by Gasteiger charge is 2.35. The van der Waals surface area contributed by atoms with Gasteiger partial charge in [-0.05, 0) is 19.8 Å². The molecule has 0 radical (unpaired) electrons. The Hall–Kier alpha value is -1.10. The third kappa shape index (κ3) is 4.34. The molecule has 17 heavy (non-hydrogen) atoms. The number of rotatable bonds is 6. The first-order valence-electron chi connectivity index (χ1n) is 6.25. The molecule has 1 fully saturated rings. The van der Waals surface area contributed by atoms with Gasteiger partial charge in [0.1, 0.15) is 0 Å². The molecule has 1 saturated carbocycles. The molecule has 2 atom stereocenters. The number of carboxylic acids is 1. The van der Waals surface area contributed by atoms with E-state index in [-0.39, 0.29) is 11.8 Å². The van der Waals surface area contributed by atoms with Crippen LogP contribution in [-0.4, -0.2) is 36.7 Å². The van der Waals surface area contributed by atoms with E-state index in [1.54, 1.807) is 0 Å². The minimum atomic E-state index is -0.852. The van der Waals surface area contributed by atoms with Gasteiger partial charge in [-0.3, -0.25) is 9.59 Å². The normalized spacial score (nSPS) is 24.3. The summed E-state index contributed by atoms with van der Waals surface area (Å²) in [5.41, 5.74) is 0. The summed E-state index contributed by atoms with van der Waals surface area (Å²) >= 11 is 0. The largest absolute Gasteiger partial charge is 0.481 e. The lowest BCUT2D eigenvalue weighted by atomic mass is 9.79. The molecule has 5 heteroatoms. The molecule has 98 valence electrons. The molecule has 0 aliphatic heterocycles. The van der Waals surface area contributed by atoms with Crippen LogP contribution >= 0.6 is 0 Å². The predicted octanol–water partition coefficient (Wildman–Crippen LogP) is 1.03. The predicted molar refractivity (Wildman–Crippen MR) is 62.6 cm³/mol. The van der Waals surface area contributed by atoms with Crippen LogP contribution in [0.15, 0.2) is 0 Å². The van der Waals surface area contributed by atoms with Crippen molar-refractivity contribution in [3.05, 3.63) is 0 Å². The molecule has 0 spiro atoms. The zero-order valence-electron chi connectivity index (χ0n) is 10.3. The fourth-order valence-corrected chi connectivity index (χ4v) is 2.26. The van der Waals surface area contributed by atoms with Crippen LogP contribution in [-0.2, 0) is 14.3 Å². The van der Waals surface area contributed by atoms with Gasteiger partial charge in [-0.25, -0.2) is 0 Å². The van der Waals surface area contributed by atoms with Crippen molar-refractivity contribution in [3.63, 3.8) is 0 Å². The highest BCUT2D eigenvalue weighted by atomic mass is 16.5. The molecular weight excluding hydrogens is 222 g/mol. The highest BCUT2D eigenvalue weighted by Crippen LogP contribution is 2.30. The Bertz CT molecular complexity index is 267. The summed E-state index contributed by atoms with van der Waals surface area (Å²) in [5, 5.41) is 11.8. The maximum atomic E-state index is 11.8. The van der Waals surface area contributed by atoms with E-state index in [4.69, 9.17) is 9.84 Å². The molecule has 1 rings (SSSR count). The molecule has 5 nitrogen and oxygen atoms in total. The maximum absolute atomic E-state index is 11.8. The van der Waals surface area contributed by atoms with Crippen molar-refractivity contribution in [2.24, 2.45) is 11.8 Å². The lowest BCUT2D eigenvalue weighted by molar-refractivity contribution is -0.148. The van der Waals surface area contributed by atoms with Crippen LogP contribution < -0.4 is 5.32 Å². The van der Waals surface area contributed by atoms with Crippen molar-refractivity contribution in [1.82, 2.24) is 5.32 Å². The van der Waals surface area contributed by atoms with E-state index in [1.807, 2.05) is 6.92 Å². The first-order valence-corrected chi connectivity index (χ1v) is 6.25. The summed E-state index contributed by atoms with van der Waals surface area (Å²) < 4.78 is 5.11. The van der Waals surface area contributed by atoms with Crippen LogP contribution in [0.2, 0.25) is 0 Å². The zero-order chi connectivity index (χ0) is 12.7. The van der Waals surface area contributed by atoms with Crippen molar-refractivity contribution in [3.8, 4) is 0 Å². The monoisotopic (exact) mass is 243 g/mol. The molecule has 0 bridgehead atoms. The summed E-state index contributed by atoms with van der Waals surface area (Å²) in [6.45, 7) is 3.45. The summed E-state index contributed by atoms with van der Waals surface area (Å²) in [6, 6.07) is 0. The number of carbonyl (C=O) groups excluding carboxylic acids is 1. The van der Waals surface area contributed by atoms with Crippen molar-refractivity contribution in [2.75, 3.05) is 19.8 Å². The first kappa shape index (κ1) is 14.0. The second-order valence-corrected chi connectivity index (χ2v) is 4.32. The van der Waals surface area contributed by atoms with Gasteiger partial charge >= 0.3 is 5.97 Å². The van der Waals surface area contributed by atoms with Gasteiger partial charge in [-0.15, -0.1) is 0 Å². The Labute approximate surface area is 102 Å². The number of carbonyl (C=O) groups is 2. The topological polar surface area (TPSA) is 75.6 Å². The second kappa shape index (κ2) is 7.27. The van der Waals surface area contributed by atoms with Gasteiger partial charge in [-0.1, -0.05) is 12.8 Å². The minimum Gasteiger partial charge on any atom is -0.481 e. The standard InChI is InChI=1S/C12H21NO4/c1-2-17-8-7-13-11(14)9-5-3-4-6-10(9)12(15)16/h9-10H,2-8H2,1H3,(H,13,14)(H,15,16). The Morgan fingerprint density at radius 1 is 1.29 bits per heavy atom. The number of amides is 1. The van der Waals surface area contributed by atoms with Crippen molar-refractivity contribution >= 4 is 11.9 Å². The lowest BCUT2D eigenvalue weighted by Gasteiger charge is -2.27. The fourth-order valence-electron chi connectivity index (χ4n) is 2.26. The smallest absolute Gasteiger partial charge is 0.307 e. The van der Waals surface area contributed by atoms with Crippen molar-refractivity contribution < 1.29 is 19.4 Å². The van der Waals surface area contributed by atoms with E-state index < -0.39 is 11.9 Å². The number of carboxylic acid groups (broad SMARTS) is 1. The van der Waals surface area contributed by atoms with Crippen LogP contribution in [0.4, 0.5) is 0 Å². The Kier molecular flexibility index (Phi) is 5.97. The Morgan fingerprint density at radius 2 is 1.94 bits per heavy atom. The highest BCUT2D eigenvalue weighted by molar-refractivity contribution is 5.84. The number of nitrogens with one attached hydrogen (secondary N) is 1. The van der Waals surface area contributed by atoms with Crippen molar-refractivity contribution in [2.45, 2.75) is 32.6 Å². The van der Waals surface area contributed by atoms with E-state index >= 15 is 0 Å². The SMILES string of the molecule is CCOCCNC(=O)C1CCCCC1C(=O)O. The molecule has 0 aromatic rings. The summed E-state index contributed by atoms with van der Waals surface area (Å²) in [5.74, 6) is -1.88. The summed E-state index contributed by atoms with van der Waals surface area (Å²) in [6.07, 6.45) is 3.13. The van der Waals surface area contributed by atoms with Crippen LogP contribution in [0.5, 0.6) is 0 Å². The van der Waals surface area contributed by atoms with Crippen molar-refractivity contribution in [1.29, 1.82) is 0 Å². The number of hydrogen-bond acceptors (Lipinski definition) is 3. The molecule has 1 aliphatic rings. The number of ether oxygens (including phenoxy) is 1. The molecule has 1 aliphatic carbocycles. The van der Waals surface area contributed by atoms with Gasteiger partial charge in [0, 0.05) is 13.2 Å². The molecule has 0 aromatic heterocycles. The van der Waals surface area contributed by atoms with Crippen LogP contribution in [0.3, 0.4) is 0 Å². The summed E-state index contributed by atoms with van der Waals surface area (Å²) in [7, 11) is 0. The maximum Gasteiger partial charge on any atom is 0.307 e. The van der Waals surface area contributed by atoms with Gasteiger partial charge in [0.15, 0.2) is 0 Å². The van der Waals surface area contributed by atoms with Gasteiger partial charge in [0.25, 0.3) is 0 Å². The summed E-state index contributed by atoms with van der Waals surface area (Å²) in [4.78, 5) is 22.9. The zero-order valence-corrected chi connectivity index (χ0v) is 10.3. The van der Waals surface area contributed by atoms with Crippen LogP contribution in [0.25, 0.3) is 0 Å². The Morgan fingerprint density at radius 3 is 2.53 bits per heavy atom. The Balaban J connectivity index is 2.39. The van der Waals surface area contributed by atoms with Crippen LogP contribution in [0.1, 0.15) is 32.6 Å². The van der Waals surface area contributed by atoms with E-state index in [0.717, 1.165) is 12.8 Å². The van der Waals surface area contributed by atoms with E-state index in [9.17, 15) is 9.59 Å². The molecule has 1 amide bonds. The third-order valence-corrected chi connectivity index (χ3v) is 3.17. The lowest BCUT2D eigenvalue weighted by Crippen LogP contribution is -2.40. The van der Waals surface area contributed by atoms with E-state index in [0.29, 0.717) is 32.6 Å². The van der Waals surface area contributed by atoms with E-state index in [1.165, 1.54) is 0 Å². The number of hydrogen-bond donors (Lipinski definition) is 2. The first-order chi connectivity index (χ1) is 8.16. The average Bonchev–Trinajstić information content (AvgIpc) is 2.34. The average molecular weight is 243 g/mol. The number of aliphatic carboxylic acids is 1. The van der Waals surface area contributed by atoms with Crippen LogP contribution in [0, 0.1) is 11.8 Å². The molecular formula is C12H21NO4. The van der Waals surface area contributed by atoms with Gasteiger partial charge < -0.3 is 15.2 Å². The molecule has 2 N–H and O–H groups in total. The van der Waals surface area contributed by atoms with E-state index in [2.05, 4.69) is 5.32 Å². The van der Waals surface area contributed by atoms with Gasteiger partial charge in [0.05, 0.1) is 18.4 Å². The molecule has 0 aromatic carbocycles. The van der Waals surface area contributed by atoms with Gasteiger partial charge in [0.2, 0.25) is 5.91 Å². The molecule has 0 saturated heterocycles.